The van der Waals surface area contributed by atoms with Gasteiger partial charge in [-0.15, -0.1) is 11.3 Å². The number of alkyl halides is 1. The molecule has 0 spiro atoms. The highest BCUT2D eigenvalue weighted by Gasteiger charge is 2.23. The standard InChI is InChI=1S/C9H13BrN2OS/c1-3-9(2,5-10)12-8(13)7-4-11-6-14-7/h4,6H,3,5H2,1-2H3,(H,12,13). The summed E-state index contributed by atoms with van der Waals surface area (Å²) in [7, 11) is 0. The van der Waals surface area contributed by atoms with Crippen LogP contribution in [0.4, 0.5) is 0 Å². The van der Waals surface area contributed by atoms with E-state index in [9.17, 15) is 4.79 Å². The van der Waals surface area contributed by atoms with Gasteiger partial charge >= 0.3 is 0 Å². The van der Waals surface area contributed by atoms with Crippen LogP contribution < -0.4 is 5.32 Å². The van der Waals surface area contributed by atoms with Crippen LogP contribution in [0, 0.1) is 0 Å². The highest BCUT2D eigenvalue weighted by Crippen LogP contribution is 2.14. The van der Waals surface area contributed by atoms with Gasteiger partial charge in [-0.05, 0) is 13.3 Å². The van der Waals surface area contributed by atoms with Crippen LogP contribution >= 0.6 is 27.3 Å². The van der Waals surface area contributed by atoms with Crippen LogP contribution in [-0.4, -0.2) is 21.8 Å². The maximum absolute atomic E-state index is 11.7. The van der Waals surface area contributed by atoms with E-state index in [0.29, 0.717) is 4.88 Å². The zero-order chi connectivity index (χ0) is 10.6. The van der Waals surface area contributed by atoms with Crippen LogP contribution in [0.1, 0.15) is 29.9 Å². The Hall–Kier alpha value is -0.420. The normalized spacial score (nSPS) is 14.8. The van der Waals surface area contributed by atoms with Crippen molar-refractivity contribution in [3.63, 3.8) is 0 Å². The molecule has 1 N–H and O–H groups in total. The fourth-order valence-corrected chi connectivity index (χ4v) is 1.93. The lowest BCUT2D eigenvalue weighted by atomic mass is 10.0. The number of hydrogen-bond donors (Lipinski definition) is 1. The summed E-state index contributed by atoms with van der Waals surface area (Å²) < 4.78 is 0. The molecule has 5 heteroatoms. The molecule has 1 aromatic heterocycles. The predicted molar refractivity (Wildman–Crippen MR) is 62.1 cm³/mol. The van der Waals surface area contributed by atoms with Crippen molar-refractivity contribution in [2.75, 3.05) is 5.33 Å². The minimum absolute atomic E-state index is 0.0451. The summed E-state index contributed by atoms with van der Waals surface area (Å²) in [4.78, 5) is 16.2. The van der Waals surface area contributed by atoms with Gasteiger partial charge in [-0.3, -0.25) is 9.78 Å². The van der Waals surface area contributed by atoms with E-state index in [0.717, 1.165) is 11.8 Å². The Morgan fingerprint density at radius 2 is 2.50 bits per heavy atom. The lowest BCUT2D eigenvalue weighted by molar-refractivity contribution is 0.0917. The molecule has 1 rings (SSSR count). The van der Waals surface area contributed by atoms with E-state index in [1.54, 1.807) is 11.7 Å². The first-order chi connectivity index (χ1) is 6.61. The smallest absolute Gasteiger partial charge is 0.263 e. The molecule has 1 amide bonds. The summed E-state index contributed by atoms with van der Waals surface area (Å²) >= 11 is 4.75. The quantitative estimate of drug-likeness (QED) is 0.859. The van der Waals surface area contributed by atoms with Crippen LogP contribution in [0.3, 0.4) is 0 Å². The average Bonchev–Trinajstić information content (AvgIpc) is 2.70. The van der Waals surface area contributed by atoms with Gasteiger partial charge in [0.1, 0.15) is 4.88 Å². The largest absolute Gasteiger partial charge is 0.345 e. The molecule has 14 heavy (non-hydrogen) atoms. The molecule has 0 aliphatic heterocycles. The van der Waals surface area contributed by atoms with Gasteiger partial charge in [0.25, 0.3) is 5.91 Å². The molecule has 1 heterocycles. The predicted octanol–water partition coefficient (Wildman–Crippen LogP) is 2.44. The Bertz CT molecular complexity index is 296. The number of rotatable bonds is 4. The van der Waals surface area contributed by atoms with Crippen LogP contribution in [-0.2, 0) is 0 Å². The minimum atomic E-state index is -0.179. The summed E-state index contributed by atoms with van der Waals surface area (Å²) in [6.07, 6.45) is 2.48. The SMILES string of the molecule is CCC(C)(CBr)NC(=O)c1cncs1. The molecule has 0 bridgehead atoms. The molecular formula is C9H13BrN2OS. The van der Waals surface area contributed by atoms with Crippen LogP contribution in [0.15, 0.2) is 11.7 Å². The van der Waals surface area contributed by atoms with E-state index in [1.807, 2.05) is 13.8 Å². The summed E-state index contributed by atoms with van der Waals surface area (Å²) in [5.41, 5.74) is 1.48. The monoisotopic (exact) mass is 276 g/mol. The number of carbonyl (C=O) groups is 1. The van der Waals surface area contributed by atoms with Crippen molar-refractivity contribution in [2.45, 2.75) is 25.8 Å². The summed E-state index contributed by atoms with van der Waals surface area (Å²) in [5, 5.41) is 3.73. The van der Waals surface area contributed by atoms with Crippen molar-refractivity contribution < 1.29 is 4.79 Å². The lowest BCUT2D eigenvalue weighted by Gasteiger charge is -2.26. The molecule has 0 aliphatic rings. The number of carbonyl (C=O) groups excluding carboxylic acids is 1. The number of halogens is 1. The third-order valence-corrected chi connectivity index (χ3v) is 4.16. The number of nitrogens with one attached hydrogen (secondary N) is 1. The summed E-state index contributed by atoms with van der Waals surface area (Å²) in [6, 6.07) is 0. The Labute approximate surface area is 96.1 Å². The maximum atomic E-state index is 11.7. The average molecular weight is 277 g/mol. The molecule has 0 aliphatic carbocycles. The van der Waals surface area contributed by atoms with Gasteiger partial charge in [0.15, 0.2) is 0 Å². The van der Waals surface area contributed by atoms with Gasteiger partial charge in [0.2, 0.25) is 0 Å². The number of amides is 1. The Morgan fingerprint density at radius 1 is 1.79 bits per heavy atom. The summed E-state index contributed by atoms with van der Waals surface area (Å²) in [5.74, 6) is -0.0451. The Morgan fingerprint density at radius 3 is 2.93 bits per heavy atom. The van der Waals surface area contributed by atoms with E-state index < -0.39 is 0 Å². The van der Waals surface area contributed by atoms with Crippen LogP contribution in [0.2, 0.25) is 0 Å². The molecule has 0 aromatic carbocycles. The fourth-order valence-electron chi connectivity index (χ4n) is 0.880. The molecule has 0 fully saturated rings. The lowest BCUT2D eigenvalue weighted by Crippen LogP contribution is -2.46. The maximum Gasteiger partial charge on any atom is 0.263 e. The first-order valence-corrected chi connectivity index (χ1v) is 6.38. The number of hydrogen-bond acceptors (Lipinski definition) is 3. The molecule has 0 saturated heterocycles. The third-order valence-electron chi connectivity index (χ3n) is 2.15. The van der Waals surface area contributed by atoms with E-state index in [4.69, 9.17) is 0 Å². The van der Waals surface area contributed by atoms with Gasteiger partial charge in [-0.25, -0.2) is 0 Å². The molecule has 1 atom stereocenters. The van der Waals surface area contributed by atoms with E-state index >= 15 is 0 Å². The molecule has 78 valence electrons. The second kappa shape index (κ2) is 4.89. The molecule has 1 unspecified atom stereocenters. The molecular weight excluding hydrogens is 264 g/mol. The van der Waals surface area contributed by atoms with Gasteiger partial charge in [-0.1, -0.05) is 22.9 Å². The first-order valence-electron chi connectivity index (χ1n) is 4.38. The first kappa shape index (κ1) is 11.7. The molecule has 0 saturated carbocycles. The van der Waals surface area contributed by atoms with Gasteiger partial charge < -0.3 is 5.32 Å². The van der Waals surface area contributed by atoms with E-state index in [2.05, 4.69) is 26.2 Å². The van der Waals surface area contributed by atoms with Gasteiger partial charge in [-0.2, -0.15) is 0 Å². The van der Waals surface area contributed by atoms with Crippen molar-refractivity contribution in [2.24, 2.45) is 0 Å². The van der Waals surface area contributed by atoms with Crippen molar-refractivity contribution in [1.29, 1.82) is 0 Å². The third kappa shape index (κ3) is 2.78. The zero-order valence-electron chi connectivity index (χ0n) is 8.21. The highest BCUT2D eigenvalue weighted by atomic mass is 79.9. The minimum Gasteiger partial charge on any atom is -0.345 e. The number of thiazole rings is 1. The Balaban J connectivity index is 2.65. The number of nitrogens with zero attached hydrogens (tertiary/aromatic N) is 1. The molecule has 0 radical (unpaired) electrons. The van der Waals surface area contributed by atoms with Gasteiger partial charge in [0.05, 0.1) is 11.7 Å². The van der Waals surface area contributed by atoms with E-state index in [1.165, 1.54) is 11.3 Å². The summed E-state index contributed by atoms with van der Waals surface area (Å²) in [6.45, 7) is 4.06. The second-order valence-electron chi connectivity index (χ2n) is 3.37. The van der Waals surface area contributed by atoms with E-state index in [-0.39, 0.29) is 11.4 Å². The fraction of sp³-hybridized carbons (Fsp3) is 0.556. The number of aromatic nitrogens is 1. The van der Waals surface area contributed by atoms with Crippen molar-refractivity contribution in [3.05, 3.63) is 16.6 Å². The van der Waals surface area contributed by atoms with Crippen molar-refractivity contribution in [3.8, 4) is 0 Å². The second-order valence-corrected chi connectivity index (χ2v) is 4.81. The molecule has 3 nitrogen and oxygen atoms in total. The zero-order valence-corrected chi connectivity index (χ0v) is 10.6. The van der Waals surface area contributed by atoms with Crippen LogP contribution in [0.25, 0.3) is 0 Å². The topological polar surface area (TPSA) is 42.0 Å². The Kier molecular flexibility index (Phi) is 4.07. The van der Waals surface area contributed by atoms with Crippen molar-refractivity contribution >= 4 is 33.2 Å². The molecule has 1 aromatic rings. The van der Waals surface area contributed by atoms with Crippen molar-refractivity contribution in [1.82, 2.24) is 10.3 Å². The highest BCUT2D eigenvalue weighted by molar-refractivity contribution is 9.09. The van der Waals surface area contributed by atoms with Crippen LogP contribution in [0.5, 0.6) is 0 Å². The van der Waals surface area contributed by atoms with Gasteiger partial charge in [0, 0.05) is 10.9 Å².